The van der Waals surface area contributed by atoms with Crippen LogP contribution in [0.25, 0.3) is 11.4 Å². The van der Waals surface area contributed by atoms with Gasteiger partial charge in [0, 0.05) is 36.0 Å². The van der Waals surface area contributed by atoms with E-state index in [4.69, 9.17) is 0 Å². The minimum Gasteiger partial charge on any atom is -0.392 e. The van der Waals surface area contributed by atoms with Gasteiger partial charge in [0.15, 0.2) is 11.5 Å². The van der Waals surface area contributed by atoms with Crippen LogP contribution in [0.4, 0.5) is 19.0 Å². The summed E-state index contributed by atoms with van der Waals surface area (Å²) < 4.78 is 39.7. The van der Waals surface area contributed by atoms with E-state index in [0.717, 1.165) is 25.3 Å². The van der Waals surface area contributed by atoms with Crippen molar-refractivity contribution in [3.05, 3.63) is 36.3 Å². The van der Waals surface area contributed by atoms with Crippen molar-refractivity contribution in [3.63, 3.8) is 0 Å². The van der Waals surface area contributed by atoms with Crippen molar-refractivity contribution in [1.82, 2.24) is 15.0 Å². The summed E-state index contributed by atoms with van der Waals surface area (Å²) in [6.07, 6.45) is 1.37. The quantitative estimate of drug-likeness (QED) is 0.858. The second kappa shape index (κ2) is 7.19. The molecule has 1 aliphatic carbocycles. The molecule has 3 rings (SSSR count). The van der Waals surface area contributed by atoms with Crippen molar-refractivity contribution in [3.8, 4) is 11.4 Å². The lowest BCUT2D eigenvalue weighted by molar-refractivity contribution is -0.141. The third kappa shape index (κ3) is 4.12. The van der Waals surface area contributed by atoms with Crippen molar-refractivity contribution in [2.24, 2.45) is 5.41 Å². The molecule has 0 saturated heterocycles. The highest BCUT2D eigenvalue weighted by atomic mass is 19.4. The van der Waals surface area contributed by atoms with Crippen LogP contribution >= 0.6 is 0 Å². The first kappa shape index (κ1) is 18.6. The van der Waals surface area contributed by atoms with Gasteiger partial charge in [-0.05, 0) is 25.0 Å². The Labute approximate surface area is 149 Å². The molecule has 2 aromatic heterocycles. The highest BCUT2D eigenvalue weighted by molar-refractivity contribution is 5.56. The average Bonchev–Trinajstić information content (AvgIpc) is 2.62. The van der Waals surface area contributed by atoms with Gasteiger partial charge in [0.25, 0.3) is 0 Å². The molecule has 2 unspecified atom stereocenters. The Balaban J connectivity index is 1.88. The molecule has 8 heteroatoms. The van der Waals surface area contributed by atoms with Gasteiger partial charge in [-0.3, -0.25) is 4.98 Å². The van der Waals surface area contributed by atoms with Gasteiger partial charge in [-0.25, -0.2) is 9.97 Å². The third-order valence-electron chi connectivity index (χ3n) is 4.89. The molecule has 1 aliphatic rings. The number of aromatic nitrogens is 3. The predicted molar refractivity (Wildman–Crippen MR) is 91.3 cm³/mol. The molecule has 26 heavy (non-hydrogen) atoms. The molecule has 0 aliphatic heterocycles. The summed E-state index contributed by atoms with van der Waals surface area (Å²) in [7, 11) is 0. The maximum absolute atomic E-state index is 13.2. The van der Waals surface area contributed by atoms with Crippen molar-refractivity contribution in [2.75, 3.05) is 11.9 Å². The Hall–Kier alpha value is -2.22. The summed E-state index contributed by atoms with van der Waals surface area (Å²) in [5.41, 5.74) is -0.996. The van der Waals surface area contributed by atoms with Crippen molar-refractivity contribution >= 4 is 5.82 Å². The number of pyridine rings is 1. The molecule has 2 N–H and O–H groups in total. The first-order valence-corrected chi connectivity index (χ1v) is 8.56. The molecular weight excluding hydrogens is 345 g/mol. The Bertz CT molecular complexity index is 754. The Morgan fingerprint density at radius 2 is 2.12 bits per heavy atom. The molecule has 5 nitrogen and oxygen atoms in total. The number of halogens is 3. The van der Waals surface area contributed by atoms with Crippen LogP contribution < -0.4 is 5.32 Å². The van der Waals surface area contributed by atoms with Gasteiger partial charge in [0.05, 0.1) is 6.10 Å². The lowest BCUT2D eigenvalue weighted by Crippen LogP contribution is -2.41. The number of aliphatic hydroxyl groups is 1. The van der Waals surface area contributed by atoms with Crippen LogP contribution in [0, 0.1) is 5.41 Å². The van der Waals surface area contributed by atoms with E-state index in [1.54, 1.807) is 12.1 Å². The zero-order valence-electron chi connectivity index (χ0n) is 14.4. The van der Waals surface area contributed by atoms with E-state index in [9.17, 15) is 18.3 Å². The van der Waals surface area contributed by atoms with E-state index in [-0.39, 0.29) is 11.6 Å². The van der Waals surface area contributed by atoms with Gasteiger partial charge in [-0.1, -0.05) is 19.8 Å². The number of nitrogens with one attached hydrogen (secondary N) is 1. The summed E-state index contributed by atoms with van der Waals surface area (Å²) in [6, 6.07) is 4.13. The summed E-state index contributed by atoms with van der Waals surface area (Å²) in [6.45, 7) is 2.28. The Kier molecular flexibility index (Phi) is 5.13. The third-order valence-corrected chi connectivity index (χ3v) is 4.89. The van der Waals surface area contributed by atoms with Crippen molar-refractivity contribution < 1.29 is 18.3 Å². The zero-order chi connectivity index (χ0) is 18.8. The topological polar surface area (TPSA) is 70.9 Å². The summed E-state index contributed by atoms with van der Waals surface area (Å²) in [5.74, 6) is 0.0509. The van der Waals surface area contributed by atoms with Gasteiger partial charge in [-0.2, -0.15) is 13.2 Å². The van der Waals surface area contributed by atoms with Crippen LogP contribution in [-0.2, 0) is 6.18 Å². The van der Waals surface area contributed by atoms with Crippen LogP contribution in [0.5, 0.6) is 0 Å². The lowest BCUT2D eigenvalue weighted by atomic mass is 9.73. The number of nitrogens with zero attached hydrogens (tertiary/aromatic N) is 3. The number of hydrogen-bond donors (Lipinski definition) is 2. The lowest BCUT2D eigenvalue weighted by Gasteiger charge is -2.38. The van der Waals surface area contributed by atoms with E-state index in [0.29, 0.717) is 18.5 Å². The molecule has 140 valence electrons. The van der Waals surface area contributed by atoms with Gasteiger partial charge in [0.2, 0.25) is 0 Å². The highest BCUT2D eigenvalue weighted by Crippen LogP contribution is 2.37. The van der Waals surface area contributed by atoms with Crippen LogP contribution in [0.1, 0.15) is 38.3 Å². The largest absolute Gasteiger partial charge is 0.433 e. The van der Waals surface area contributed by atoms with Crippen molar-refractivity contribution in [2.45, 2.75) is 44.9 Å². The number of aliphatic hydroxyl groups excluding tert-OH is 1. The first-order chi connectivity index (χ1) is 12.3. The summed E-state index contributed by atoms with van der Waals surface area (Å²) in [4.78, 5) is 11.8. The fourth-order valence-corrected chi connectivity index (χ4v) is 3.19. The summed E-state index contributed by atoms with van der Waals surface area (Å²) >= 11 is 0. The molecular formula is C18H21F3N4O. The highest BCUT2D eigenvalue weighted by Gasteiger charge is 2.36. The molecule has 0 aromatic carbocycles. The number of rotatable bonds is 4. The zero-order valence-corrected chi connectivity index (χ0v) is 14.4. The standard InChI is InChI=1S/C18H21F3N4O/c1-17(7-3-2-6-14(17)26)11-23-15-9-13(18(19,20)21)24-16(25-15)12-5-4-8-22-10-12/h4-5,8-10,14,26H,2-3,6-7,11H2,1H3,(H,23,24,25). The van der Waals surface area contributed by atoms with E-state index >= 15 is 0 Å². The van der Waals surface area contributed by atoms with E-state index in [1.807, 2.05) is 6.92 Å². The second-order valence-electron chi connectivity index (χ2n) is 6.97. The SMILES string of the molecule is CC1(CNc2cc(C(F)(F)F)nc(-c3cccnc3)n2)CCCCC1O. The van der Waals surface area contributed by atoms with Gasteiger partial charge < -0.3 is 10.4 Å². The Morgan fingerprint density at radius 1 is 1.31 bits per heavy atom. The molecule has 1 fully saturated rings. The number of anilines is 1. The fraction of sp³-hybridized carbons (Fsp3) is 0.500. The van der Waals surface area contributed by atoms with E-state index in [2.05, 4.69) is 20.3 Å². The van der Waals surface area contributed by atoms with Crippen LogP contribution in [0.3, 0.4) is 0 Å². The molecule has 1 saturated carbocycles. The molecule has 0 spiro atoms. The molecule has 0 amide bonds. The van der Waals surface area contributed by atoms with Gasteiger partial charge in [0.1, 0.15) is 5.82 Å². The number of hydrogen-bond acceptors (Lipinski definition) is 5. The minimum atomic E-state index is -4.58. The van der Waals surface area contributed by atoms with Crippen LogP contribution in [0.15, 0.2) is 30.6 Å². The van der Waals surface area contributed by atoms with Crippen molar-refractivity contribution in [1.29, 1.82) is 0 Å². The number of alkyl halides is 3. The van der Waals surface area contributed by atoms with Gasteiger partial charge in [-0.15, -0.1) is 0 Å². The van der Waals surface area contributed by atoms with Gasteiger partial charge >= 0.3 is 6.18 Å². The first-order valence-electron chi connectivity index (χ1n) is 8.56. The monoisotopic (exact) mass is 366 g/mol. The van der Waals surface area contributed by atoms with E-state index < -0.39 is 23.4 Å². The molecule has 2 atom stereocenters. The normalized spacial score (nSPS) is 23.7. The molecule has 2 heterocycles. The fourth-order valence-electron chi connectivity index (χ4n) is 3.19. The molecule has 0 bridgehead atoms. The molecule has 2 aromatic rings. The second-order valence-corrected chi connectivity index (χ2v) is 6.97. The Morgan fingerprint density at radius 3 is 2.77 bits per heavy atom. The van der Waals surface area contributed by atoms with Crippen LogP contribution in [0.2, 0.25) is 0 Å². The smallest absolute Gasteiger partial charge is 0.392 e. The molecule has 0 radical (unpaired) electrons. The minimum absolute atomic E-state index is 0.0372. The maximum Gasteiger partial charge on any atom is 0.433 e. The van der Waals surface area contributed by atoms with E-state index in [1.165, 1.54) is 12.4 Å². The average molecular weight is 366 g/mol. The maximum atomic E-state index is 13.2. The summed E-state index contributed by atoms with van der Waals surface area (Å²) in [5, 5.41) is 13.2. The predicted octanol–water partition coefficient (Wildman–Crippen LogP) is 3.91. The van der Waals surface area contributed by atoms with Crippen LogP contribution in [-0.4, -0.2) is 32.7 Å².